The van der Waals surface area contributed by atoms with Crippen LogP contribution in [0.15, 0.2) is 40.9 Å². The van der Waals surface area contributed by atoms with Crippen LogP contribution in [0.1, 0.15) is 20.1 Å². The lowest BCUT2D eigenvalue weighted by Gasteiger charge is -2.03. The van der Waals surface area contributed by atoms with Crippen molar-refractivity contribution < 1.29 is 4.79 Å². The third kappa shape index (κ3) is 3.41. The molecule has 2 rings (SSSR count). The van der Waals surface area contributed by atoms with Crippen LogP contribution in [0.5, 0.6) is 0 Å². The highest BCUT2D eigenvalue weighted by Crippen LogP contribution is 2.15. The largest absolute Gasteiger partial charge is 0.347 e. The van der Waals surface area contributed by atoms with Crippen molar-refractivity contribution in [3.05, 3.63) is 56.2 Å². The minimum absolute atomic E-state index is 0.00832. The number of benzene rings is 1. The summed E-state index contributed by atoms with van der Waals surface area (Å²) in [6.07, 6.45) is 0. The van der Waals surface area contributed by atoms with Crippen molar-refractivity contribution in [2.24, 2.45) is 0 Å². The average Bonchev–Trinajstić information content (AvgIpc) is 2.75. The fourth-order valence-corrected chi connectivity index (χ4v) is 2.48. The van der Waals surface area contributed by atoms with E-state index >= 15 is 0 Å². The number of thiophene rings is 1. The third-order valence-electron chi connectivity index (χ3n) is 2.33. The zero-order chi connectivity index (χ0) is 12.3. The summed E-state index contributed by atoms with van der Waals surface area (Å²) in [5.74, 6) is -0.00832. The number of aryl methyl sites for hydroxylation is 1. The Labute approximate surface area is 113 Å². The zero-order valence-electron chi connectivity index (χ0n) is 9.37. The van der Waals surface area contributed by atoms with E-state index < -0.39 is 0 Å². The molecule has 88 valence electrons. The molecule has 0 aliphatic carbocycles. The van der Waals surface area contributed by atoms with Gasteiger partial charge in [-0.1, -0.05) is 28.1 Å². The molecule has 1 heterocycles. The van der Waals surface area contributed by atoms with Crippen LogP contribution in [0.25, 0.3) is 0 Å². The number of hydrogen-bond donors (Lipinski definition) is 1. The fourth-order valence-electron chi connectivity index (χ4n) is 1.43. The first-order valence-electron chi connectivity index (χ1n) is 5.24. The quantitative estimate of drug-likeness (QED) is 0.919. The Morgan fingerprint density at radius 3 is 2.53 bits per heavy atom. The Morgan fingerprint density at radius 1 is 1.24 bits per heavy atom. The van der Waals surface area contributed by atoms with Gasteiger partial charge in [-0.25, -0.2) is 0 Å². The van der Waals surface area contributed by atoms with E-state index in [1.807, 2.05) is 43.3 Å². The Morgan fingerprint density at radius 2 is 1.94 bits per heavy atom. The highest BCUT2D eigenvalue weighted by molar-refractivity contribution is 9.10. The molecule has 0 unspecified atom stereocenters. The molecule has 1 aromatic carbocycles. The van der Waals surface area contributed by atoms with E-state index in [0.717, 1.165) is 19.8 Å². The minimum Gasteiger partial charge on any atom is -0.347 e. The molecular formula is C13H12BrNOS. The second-order valence-electron chi connectivity index (χ2n) is 3.72. The van der Waals surface area contributed by atoms with Gasteiger partial charge in [-0.05, 0) is 36.8 Å². The van der Waals surface area contributed by atoms with Crippen molar-refractivity contribution in [2.75, 3.05) is 0 Å². The van der Waals surface area contributed by atoms with Gasteiger partial charge in [-0.2, -0.15) is 0 Å². The fraction of sp³-hybridized carbons (Fsp3) is 0.154. The van der Waals surface area contributed by atoms with Crippen molar-refractivity contribution in [3.8, 4) is 0 Å². The van der Waals surface area contributed by atoms with Crippen LogP contribution >= 0.6 is 27.3 Å². The smallest absolute Gasteiger partial charge is 0.261 e. The van der Waals surface area contributed by atoms with Gasteiger partial charge in [0.1, 0.15) is 0 Å². The van der Waals surface area contributed by atoms with Crippen LogP contribution in [-0.2, 0) is 6.54 Å². The van der Waals surface area contributed by atoms with Gasteiger partial charge in [-0.15, -0.1) is 11.3 Å². The summed E-state index contributed by atoms with van der Waals surface area (Å²) >= 11 is 4.89. The number of rotatable bonds is 3. The lowest BCUT2D eigenvalue weighted by atomic mass is 10.2. The Bertz CT molecular complexity index is 518. The predicted octanol–water partition coefficient (Wildman–Crippen LogP) is 3.75. The van der Waals surface area contributed by atoms with Gasteiger partial charge in [0.2, 0.25) is 0 Å². The maximum atomic E-state index is 11.8. The van der Waals surface area contributed by atoms with Gasteiger partial charge in [-0.3, -0.25) is 4.79 Å². The molecular weight excluding hydrogens is 298 g/mol. The second-order valence-corrected chi connectivity index (χ2v) is 5.92. The van der Waals surface area contributed by atoms with Crippen LogP contribution < -0.4 is 5.32 Å². The van der Waals surface area contributed by atoms with Gasteiger partial charge < -0.3 is 5.32 Å². The summed E-state index contributed by atoms with van der Waals surface area (Å²) in [6, 6.07) is 11.7. The first-order valence-corrected chi connectivity index (χ1v) is 6.85. The van der Waals surface area contributed by atoms with Gasteiger partial charge >= 0.3 is 0 Å². The van der Waals surface area contributed by atoms with E-state index in [9.17, 15) is 4.79 Å². The van der Waals surface area contributed by atoms with E-state index in [4.69, 9.17) is 0 Å². The van der Waals surface area contributed by atoms with Crippen LogP contribution in [-0.4, -0.2) is 5.91 Å². The summed E-state index contributed by atoms with van der Waals surface area (Å²) in [6.45, 7) is 2.55. The lowest BCUT2D eigenvalue weighted by molar-refractivity contribution is 0.0955. The van der Waals surface area contributed by atoms with Crippen molar-refractivity contribution in [3.63, 3.8) is 0 Å². The monoisotopic (exact) mass is 309 g/mol. The number of halogens is 1. The molecule has 1 N–H and O–H groups in total. The van der Waals surface area contributed by atoms with Gasteiger partial charge in [0.15, 0.2) is 0 Å². The normalized spacial score (nSPS) is 10.2. The molecule has 1 aromatic heterocycles. The average molecular weight is 310 g/mol. The second kappa shape index (κ2) is 5.47. The summed E-state index contributed by atoms with van der Waals surface area (Å²) in [7, 11) is 0. The van der Waals surface area contributed by atoms with Gasteiger partial charge in [0.05, 0.1) is 4.88 Å². The summed E-state index contributed by atoms with van der Waals surface area (Å²) in [5.41, 5.74) is 1.09. The summed E-state index contributed by atoms with van der Waals surface area (Å²) in [4.78, 5) is 13.7. The molecule has 4 heteroatoms. The number of carbonyl (C=O) groups excluding carboxylic acids is 1. The Balaban J connectivity index is 1.94. The number of nitrogens with one attached hydrogen (secondary N) is 1. The van der Waals surface area contributed by atoms with Crippen molar-refractivity contribution in [2.45, 2.75) is 13.5 Å². The van der Waals surface area contributed by atoms with Crippen LogP contribution in [0.2, 0.25) is 0 Å². The molecule has 2 aromatic rings. The number of amides is 1. The van der Waals surface area contributed by atoms with Gasteiger partial charge in [0.25, 0.3) is 5.91 Å². The predicted molar refractivity (Wildman–Crippen MR) is 74.4 cm³/mol. The number of hydrogen-bond acceptors (Lipinski definition) is 2. The molecule has 0 radical (unpaired) electrons. The SMILES string of the molecule is Cc1ccc(C(=O)NCc2ccc(Br)cc2)s1. The molecule has 2 nitrogen and oxygen atoms in total. The summed E-state index contributed by atoms with van der Waals surface area (Å²) < 4.78 is 1.04. The maximum absolute atomic E-state index is 11.8. The van der Waals surface area contributed by atoms with Crippen molar-refractivity contribution in [1.29, 1.82) is 0 Å². The first kappa shape index (κ1) is 12.3. The molecule has 17 heavy (non-hydrogen) atoms. The van der Waals surface area contributed by atoms with Crippen LogP contribution in [0.3, 0.4) is 0 Å². The standard InChI is InChI=1S/C13H12BrNOS/c1-9-2-7-12(17-9)13(16)15-8-10-3-5-11(14)6-4-10/h2-7H,8H2,1H3,(H,15,16). The molecule has 0 saturated heterocycles. The van der Waals surface area contributed by atoms with E-state index in [2.05, 4.69) is 21.2 Å². The maximum Gasteiger partial charge on any atom is 0.261 e. The molecule has 0 spiro atoms. The van der Waals surface area contributed by atoms with Crippen molar-refractivity contribution >= 4 is 33.2 Å². The zero-order valence-corrected chi connectivity index (χ0v) is 11.8. The van der Waals surface area contributed by atoms with E-state index in [0.29, 0.717) is 6.54 Å². The molecule has 0 fully saturated rings. The van der Waals surface area contributed by atoms with E-state index in [-0.39, 0.29) is 5.91 Å². The van der Waals surface area contributed by atoms with Crippen LogP contribution in [0.4, 0.5) is 0 Å². The molecule has 0 bridgehead atoms. The van der Waals surface area contributed by atoms with Crippen molar-refractivity contribution in [1.82, 2.24) is 5.32 Å². The third-order valence-corrected chi connectivity index (χ3v) is 3.86. The van der Waals surface area contributed by atoms with Crippen LogP contribution in [0, 0.1) is 6.92 Å². The first-order chi connectivity index (χ1) is 8.15. The molecule has 1 amide bonds. The highest BCUT2D eigenvalue weighted by atomic mass is 79.9. The molecule has 0 aliphatic rings. The van der Waals surface area contributed by atoms with Gasteiger partial charge in [0, 0.05) is 15.9 Å². The Kier molecular flexibility index (Phi) is 3.97. The van der Waals surface area contributed by atoms with E-state index in [1.54, 1.807) is 0 Å². The topological polar surface area (TPSA) is 29.1 Å². The highest BCUT2D eigenvalue weighted by Gasteiger charge is 2.06. The van der Waals surface area contributed by atoms with E-state index in [1.165, 1.54) is 11.3 Å². The minimum atomic E-state index is -0.00832. The number of carbonyl (C=O) groups is 1. The molecule has 0 aliphatic heterocycles. The Hall–Kier alpha value is -1.13. The summed E-state index contributed by atoms with van der Waals surface area (Å²) in [5, 5.41) is 2.90. The molecule has 0 atom stereocenters. The molecule has 0 saturated carbocycles. The lowest BCUT2D eigenvalue weighted by Crippen LogP contribution is -2.21.